The number of halogens is 1. The third-order valence-electron chi connectivity index (χ3n) is 7.40. The van der Waals surface area contributed by atoms with Gasteiger partial charge in [-0.3, -0.25) is 19.2 Å². The summed E-state index contributed by atoms with van der Waals surface area (Å²) in [5.74, 6) is -4.61. The van der Waals surface area contributed by atoms with Crippen molar-refractivity contribution < 1.29 is 23.9 Å². The maximum Gasteiger partial charge on any atom is 0.241 e. The highest BCUT2D eigenvalue weighted by atomic mass is 35.5. The highest BCUT2D eigenvalue weighted by Gasteiger charge is 2.74. The van der Waals surface area contributed by atoms with E-state index in [1.807, 2.05) is 19.1 Å². The summed E-state index contributed by atoms with van der Waals surface area (Å²) in [5, 5.41) is 0.404. The first-order chi connectivity index (χ1) is 16.8. The molecule has 1 aliphatic carbocycles. The summed E-state index contributed by atoms with van der Waals surface area (Å²) in [4.78, 5) is 56.5. The Morgan fingerprint density at radius 3 is 2.06 bits per heavy atom. The maximum absolute atomic E-state index is 14.0. The molecular formula is C28H20ClNO5. The van der Waals surface area contributed by atoms with Crippen molar-refractivity contribution in [1.29, 1.82) is 0 Å². The molecule has 0 saturated carbocycles. The number of fused-ring (bicyclic) bond motifs is 3. The molecule has 0 radical (unpaired) electrons. The Labute approximate surface area is 206 Å². The van der Waals surface area contributed by atoms with Crippen molar-refractivity contribution in [3.05, 3.63) is 99.6 Å². The van der Waals surface area contributed by atoms with E-state index in [0.717, 1.165) is 10.5 Å². The number of hydrogen-bond acceptors (Lipinski definition) is 5. The van der Waals surface area contributed by atoms with Crippen molar-refractivity contribution in [2.24, 2.45) is 11.8 Å². The highest BCUT2D eigenvalue weighted by molar-refractivity contribution is 6.37. The largest absolute Gasteiger partial charge is 0.349 e. The number of nitrogens with zero attached hydrogens (tertiary/aromatic N) is 1. The van der Waals surface area contributed by atoms with Crippen LogP contribution >= 0.6 is 11.6 Å². The van der Waals surface area contributed by atoms with Gasteiger partial charge in [0, 0.05) is 16.1 Å². The second kappa shape index (κ2) is 7.44. The van der Waals surface area contributed by atoms with Crippen molar-refractivity contribution in [2.75, 3.05) is 4.90 Å². The van der Waals surface area contributed by atoms with E-state index in [9.17, 15) is 19.2 Å². The van der Waals surface area contributed by atoms with Gasteiger partial charge >= 0.3 is 0 Å². The average Bonchev–Trinajstić information content (AvgIpc) is 3.42. The van der Waals surface area contributed by atoms with Crippen molar-refractivity contribution >= 4 is 40.7 Å². The Hall–Kier alpha value is -3.61. The molecule has 3 aromatic rings. The SMILES string of the molecule is Cc1ccc([C@H]2OC3(C(=O)c4ccccc4C3=O)[C@@H]3C(=O)N(c4cccc(Cl)c4C)C(=O)[C@H]23)cc1. The molecule has 35 heavy (non-hydrogen) atoms. The zero-order chi connectivity index (χ0) is 24.6. The van der Waals surface area contributed by atoms with Crippen molar-refractivity contribution in [2.45, 2.75) is 25.6 Å². The van der Waals surface area contributed by atoms with Crippen LogP contribution in [-0.4, -0.2) is 29.0 Å². The van der Waals surface area contributed by atoms with E-state index in [1.54, 1.807) is 61.5 Å². The summed E-state index contributed by atoms with van der Waals surface area (Å²) in [7, 11) is 0. The fourth-order valence-corrected chi connectivity index (χ4v) is 5.82. The molecule has 0 aromatic heterocycles. The van der Waals surface area contributed by atoms with Gasteiger partial charge in [0.25, 0.3) is 0 Å². The number of ketones is 2. The predicted octanol–water partition coefficient (Wildman–Crippen LogP) is 4.65. The lowest BCUT2D eigenvalue weighted by Crippen LogP contribution is -2.51. The van der Waals surface area contributed by atoms with Gasteiger partial charge in [0.05, 0.1) is 23.6 Å². The van der Waals surface area contributed by atoms with E-state index < -0.39 is 46.9 Å². The number of hydrogen-bond donors (Lipinski definition) is 0. The lowest BCUT2D eigenvalue weighted by atomic mass is 9.77. The molecule has 3 aliphatic rings. The van der Waals surface area contributed by atoms with E-state index in [4.69, 9.17) is 16.3 Å². The number of carbonyl (C=O) groups excluding carboxylic acids is 4. The second-order valence-corrected chi connectivity index (χ2v) is 9.70. The third-order valence-corrected chi connectivity index (χ3v) is 7.81. The van der Waals surface area contributed by atoms with Crippen molar-refractivity contribution in [3.63, 3.8) is 0 Å². The third kappa shape index (κ3) is 2.75. The van der Waals surface area contributed by atoms with Crippen LogP contribution in [0.25, 0.3) is 0 Å². The number of rotatable bonds is 2. The van der Waals surface area contributed by atoms with Crippen LogP contribution in [-0.2, 0) is 14.3 Å². The van der Waals surface area contributed by atoms with Gasteiger partial charge in [-0.2, -0.15) is 0 Å². The average molecular weight is 486 g/mol. The number of ether oxygens (including phenoxy) is 1. The number of carbonyl (C=O) groups is 4. The number of benzene rings is 3. The number of amides is 2. The van der Waals surface area contributed by atoms with Crippen LogP contribution in [0.15, 0.2) is 66.7 Å². The highest BCUT2D eigenvalue weighted by Crippen LogP contribution is 2.58. The summed E-state index contributed by atoms with van der Waals surface area (Å²) in [6, 6.07) is 18.8. The minimum absolute atomic E-state index is 0.207. The van der Waals surface area contributed by atoms with Gasteiger partial charge < -0.3 is 4.74 Å². The number of imide groups is 1. The van der Waals surface area contributed by atoms with Gasteiger partial charge in [0.15, 0.2) is 0 Å². The van der Waals surface area contributed by atoms with Gasteiger partial charge in [0.2, 0.25) is 29.0 Å². The first-order valence-electron chi connectivity index (χ1n) is 11.3. The molecule has 2 heterocycles. The van der Waals surface area contributed by atoms with E-state index >= 15 is 0 Å². The molecule has 6 nitrogen and oxygen atoms in total. The fraction of sp³-hybridized carbons (Fsp3) is 0.214. The van der Waals surface area contributed by atoms with Crippen LogP contribution in [0.2, 0.25) is 5.02 Å². The topological polar surface area (TPSA) is 80.8 Å². The summed E-state index contributed by atoms with van der Waals surface area (Å²) in [6.45, 7) is 3.65. The van der Waals surface area contributed by atoms with Crippen molar-refractivity contribution in [3.8, 4) is 0 Å². The Bertz CT molecular complexity index is 1430. The molecule has 2 saturated heterocycles. The molecule has 3 aromatic carbocycles. The molecule has 3 atom stereocenters. The zero-order valence-corrected chi connectivity index (χ0v) is 19.7. The smallest absolute Gasteiger partial charge is 0.241 e. The molecule has 0 N–H and O–H groups in total. The zero-order valence-electron chi connectivity index (χ0n) is 18.9. The maximum atomic E-state index is 14.0. The monoisotopic (exact) mass is 485 g/mol. The van der Waals surface area contributed by atoms with Crippen LogP contribution < -0.4 is 4.90 Å². The molecule has 2 fully saturated rings. The minimum atomic E-state index is -2.09. The molecule has 2 aliphatic heterocycles. The van der Waals surface area contributed by atoms with E-state index in [2.05, 4.69) is 0 Å². The number of anilines is 1. The second-order valence-electron chi connectivity index (χ2n) is 9.29. The van der Waals surface area contributed by atoms with E-state index in [1.165, 1.54) is 0 Å². The predicted molar refractivity (Wildman–Crippen MR) is 129 cm³/mol. The molecule has 7 heteroatoms. The van der Waals surface area contributed by atoms with Gasteiger partial charge in [-0.1, -0.05) is 71.8 Å². The number of Topliss-reactive ketones (excluding diaryl/α,β-unsaturated/α-hetero) is 2. The molecule has 1 spiro atoms. The quantitative estimate of drug-likeness (QED) is 0.390. The Morgan fingerprint density at radius 2 is 1.43 bits per heavy atom. The molecule has 2 amide bonds. The van der Waals surface area contributed by atoms with Gasteiger partial charge in [-0.15, -0.1) is 0 Å². The van der Waals surface area contributed by atoms with Gasteiger partial charge in [-0.25, -0.2) is 4.90 Å². The van der Waals surface area contributed by atoms with Crippen molar-refractivity contribution in [1.82, 2.24) is 0 Å². The lowest BCUT2D eigenvalue weighted by Gasteiger charge is -2.28. The molecule has 0 bridgehead atoms. The van der Waals surface area contributed by atoms with Gasteiger partial charge in [-0.05, 0) is 37.1 Å². The summed E-state index contributed by atoms with van der Waals surface area (Å²) < 4.78 is 6.30. The Kier molecular flexibility index (Phi) is 4.66. The Balaban J connectivity index is 1.56. The Morgan fingerprint density at radius 1 is 0.800 bits per heavy atom. The minimum Gasteiger partial charge on any atom is -0.349 e. The number of aryl methyl sites for hydroxylation is 1. The lowest BCUT2D eigenvalue weighted by molar-refractivity contribution is -0.127. The van der Waals surface area contributed by atoms with Crippen LogP contribution in [0, 0.1) is 25.7 Å². The molecule has 6 rings (SSSR count). The summed E-state index contributed by atoms with van der Waals surface area (Å²) in [5.41, 5.74) is 0.864. The van der Waals surface area contributed by atoms with Crippen LogP contribution in [0.3, 0.4) is 0 Å². The molecule has 0 unspecified atom stereocenters. The first-order valence-corrected chi connectivity index (χ1v) is 11.7. The normalized spacial score (nSPS) is 24.4. The molecule has 174 valence electrons. The summed E-state index contributed by atoms with van der Waals surface area (Å²) >= 11 is 6.29. The molecular weight excluding hydrogens is 466 g/mol. The van der Waals surface area contributed by atoms with Crippen LogP contribution in [0.4, 0.5) is 5.69 Å². The van der Waals surface area contributed by atoms with Crippen LogP contribution in [0.1, 0.15) is 43.5 Å². The standard InChI is InChI=1S/C28H20ClNO5/c1-14-10-12-16(13-11-14)23-21-22(27(34)30(26(21)33)20-9-5-8-19(29)15(20)2)28(35-23)24(31)17-6-3-4-7-18(17)25(28)32/h3-13,21-23H,1-2H3/t21-,22-,23+/m0/s1. The fourth-order valence-electron chi connectivity index (χ4n) is 5.65. The van der Waals surface area contributed by atoms with Gasteiger partial charge in [0.1, 0.15) is 0 Å². The van der Waals surface area contributed by atoms with Crippen LogP contribution in [0.5, 0.6) is 0 Å². The van der Waals surface area contributed by atoms with E-state index in [-0.39, 0.29) is 11.1 Å². The first kappa shape index (κ1) is 21.9. The summed E-state index contributed by atoms with van der Waals surface area (Å²) in [6.07, 6.45) is -0.941. The van der Waals surface area contributed by atoms with E-state index in [0.29, 0.717) is 21.8 Å².